The van der Waals surface area contributed by atoms with E-state index in [1.165, 1.54) is 0 Å². The van der Waals surface area contributed by atoms with Crippen molar-refractivity contribution in [2.45, 2.75) is 33.4 Å². The number of hydrogen-bond donors (Lipinski definition) is 1. The van der Waals surface area contributed by atoms with Crippen LogP contribution in [0.2, 0.25) is 5.02 Å². The van der Waals surface area contributed by atoms with E-state index in [0.717, 1.165) is 12.1 Å². The van der Waals surface area contributed by atoms with E-state index in [2.05, 4.69) is 5.32 Å². The number of carbonyl (C=O) groups is 1. The van der Waals surface area contributed by atoms with E-state index in [1.54, 1.807) is 26.0 Å². The van der Waals surface area contributed by atoms with Gasteiger partial charge in [-0.15, -0.1) is 0 Å². The van der Waals surface area contributed by atoms with Crippen LogP contribution in [0.3, 0.4) is 0 Å². The van der Waals surface area contributed by atoms with Crippen molar-refractivity contribution in [3.8, 4) is 5.75 Å². The van der Waals surface area contributed by atoms with Crippen molar-refractivity contribution in [3.63, 3.8) is 0 Å². The minimum Gasteiger partial charge on any atom is -0.479 e. The summed E-state index contributed by atoms with van der Waals surface area (Å²) >= 11 is 5.97. The molecule has 1 N–H and O–H groups in total. The number of esters is 1. The number of hydrogen-bond acceptors (Lipinski definition) is 4. The molecule has 19 heavy (non-hydrogen) atoms. The first-order valence-electron chi connectivity index (χ1n) is 6.40. The summed E-state index contributed by atoms with van der Waals surface area (Å²) in [7, 11) is 0. The van der Waals surface area contributed by atoms with Crippen LogP contribution in [0.25, 0.3) is 0 Å². The average molecular weight is 286 g/mol. The van der Waals surface area contributed by atoms with E-state index in [0.29, 0.717) is 23.9 Å². The van der Waals surface area contributed by atoms with Crippen LogP contribution in [0.15, 0.2) is 18.2 Å². The predicted molar refractivity (Wildman–Crippen MR) is 75.6 cm³/mol. The van der Waals surface area contributed by atoms with Gasteiger partial charge in [0.1, 0.15) is 5.75 Å². The van der Waals surface area contributed by atoms with Crippen molar-refractivity contribution >= 4 is 17.6 Å². The molecular weight excluding hydrogens is 266 g/mol. The maximum Gasteiger partial charge on any atom is 0.347 e. The van der Waals surface area contributed by atoms with Gasteiger partial charge in [0.05, 0.1) is 6.61 Å². The van der Waals surface area contributed by atoms with Crippen LogP contribution in [0.1, 0.15) is 26.3 Å². The van der Waals surface area contributed by atoms with Crippen molar-refractivity contribution in [2.75, 3.05) is 13.2 Å². The molecule has 0 heterocycles. The second-order valence-electron chi connectivity index (χ2n) is 4.04. The van der Waals surface area contributed by atoms with Gasteiger partial charge in [-0.05, 0) is 38.6 Å². The SMILES string of the molecule is CCNCc1cc(Cl)ccc1OC(C)C(=O)OCC. The van der Waals surface area contributed by atoms with Crippen molar-refractivity contribution in [1.29, 1.82) is 0 Å². The molecule has 0 spiro atoms. The van der Waals surface area contributed by atoms with Gasteiger partial charge in [0.25, 0.3) is 0 Å². The number of nitrogens with one attached hydrogen (secondary N) is 1. The number of ether oxygens (including phenoxy) is 2. The number of halogens is 1. The summed E-state index contributed by atoms with van der Waals surface area (Å²) in [5.74, 6) is 0.276. The highest BCUT2D eigenvalue weighted by atomic mass is 35.5. The zero-order valence-corrected chi connectivity index (χ0v) is 12.3. The van der Waals surface area contributed by atoms with Crippen LogP contribution in [0.4, 0.5) is 0 Å². The molecule has 1 aromatic carbocycles. The molecule has 1 atom stereocenters. The summed E-state index contributed by atoms with van der Waals surface area (Å²) in [5, 5.41) is 3.85. The molecule has 106 valence electrons. The standard InChI is InChI=1S/C14H20ClNO3/c1-4-16-9-11-8-12(15)6-7-13(11)19-10(3)14(17)18-5-2/h6-8,10,16H,4-5,9H2,1-3H3. The third kappa shape index (κ3) is 5.09. The summed E-state index contributed by atoms with van der Waals surface area (Å²) in [6, 6.07) is 5.34. The van der Waals surface area contributed by atoms with E-state index in [9.17, 15) is 4.79 Å². The zero-order chi connectivity index (χ0) is 14.3. The fraction of sp³-hybridized carbons (Fsp3) is 0.500. The van der Waals surface area contributed by atoms with Gasteiger partial charge in [0.2, 0.25) is 0 Å². The molecule has 0 saturated heterocycles. The molecule has 0 saturated carbocycles. The third-order valence-electron chi connectivity index (χ3n) is 2.51. The summed E-state index contributed by atoms with van der Waals surface area (Å²) in [5.41, 5.74) is 0.922. The van der Waals surface area contributed by atoms with Crippen molar-refractivity contribution in [1.82, 2.24) is 5.32 Å². The number of rotatable bonds is 7. The summed E-state index contributed by atoms with van der Waals surface area (Å²) < 4.78 is 10.6. The fourth-order valence-electron chi connectivity index (χ4n) is 1.56. The van der Waals surface area contributed by atoms with Gasteiger partial charge >= 0.3 is 5.97 Å². The monoisotopic (exact) mass is 285 g/mol. The molecule has 0 amide bonds. The largest absolute Gasteiger partial charge is 0.479 e. The zero-order valence-electron chi connectivity index (χ0n) is 11.5. The number of benzene rings is 1. The lowest BCUT2D eigenvalue weighted by Gasteiger charge is -2.16. The van der Waals surface area contributed by atoms with Crippen LogP contribution in [-0.2, 0) is 16.1 Å². The lowest BCUT2D eigenvalue weighted by Crippen LogP contribution is -2.26. The molecule has 0 aliphatic rings. The van der Waals surface area contributed by atoms with Gasteiger partial charge in [-0.25, -0.2) is 4.79 Å². The molecule has 0 radical (unpaired) electrons. The Morgan fingerprint density at radius 3 is 2.79 bits per heavy atom. The lowest BCUT2D eigenvalue weighted by atomic mass is 10.2. The first kappa shape index (κ1) is 15.8. The predicted octanol–water partition coefficient (Wildman–Crippen LogP) is 2.78. The van der Waals surface area contributed by atoms with Crippen molar-refractivity contribution in [2.24, 2.45) is 0 Å². The minimum atomic E-state index is -0.637. The molecule has 0 bridgehead atoms. The normalized spacial score (nSPS) is 12.0. The summed E-state index contributed by atoms with van der Waals surface area (Å²) in [4.78, 5) is 11.6. The Balaban J connectivity index is 2.78. The second-order valence-corrected chi connectivity index (χ2v) is 4.48. The molecule has 1 aromatic rings. The minimum absolute atomic E-state index is 0.345. The van der Waals surface area contributed by atoms with Crippen LogP contribution in [0, 0.1) is 0 Å². The first-order valence-corrected chi connectivity index (χ1v) is 6.78. The average Bonchev–Trinajstić information content (AvgIpc) is 2.39. The highest BCUT2D eigenvalue weighted by molar-refractivity contribution is 6.30. The second kappa shape index (κ2) is 8.02. The molecule has 0 aromatic heterocycles. The van der Waals surface area contributed by atoms with E-state index in [-0.39, 0.29) is 5.97 Å². The quantitative estimate of drug-likeness (QED) is 0.783. The van der Waals surface area contributed by atoms with Gasteiger partial charge in [-0.2, -0.15) is 0 Å². The Bertz CT molecular complexity index is 423. The van der Waals surface area contributed by atoms with E-state index in [4.69, 9.17) is 21.1 Å². The molecule has 1 rings (SSSR count). The summed E-state index contributed by atoms with van der Waals surface area (Å²) in [6.07, 6.45) is -0.637. The fourth-order valence-corrected chi connectivity index (χ4v) is 1.75. The van der Waals surface area contributed by atoms with Gasteiger partial charge < -0.3 is 14.8 Å². The number of carbonyl (C=O) groups excluding carboxylic acids is 1. The molecule has 0 fully saturated rings. The Morgan fingerprint density at radius 2 is 2.16 bits per heavy atom. The highest BCUT2D eigenvalue weighted by Crippen LogP contribution is 2.24. The molecule has 0 aliphatic heterocycles. The van der Waals surface area contributed by atoms with E-state index in [1.807, 2.05) is 13.0 Å². The Hall–Kier alpha value is -1.26. The third-order valence-corrected chi connectivity index (χ3v) is 2.75. The topological polar surface area (TPSA) is 47.6 Å². The molecule has 4 nitrogen and oxygen atoms in total. The smallest absolute Gasteiger partial charge is 0.347 e. The van der Waals surface area contributed by atoms with Gasteiger partial charge in [0, 0.05) is 17.1 Å². The Kier molecular flexibility index (Phi) is 6.67. The first-order chi connectivity index (χ1) is 9.08. The maximum atomic E-state index is 11.6. The van der Waals surface area contributed by atoms with Crippen LogP contribution in [-0.4, -0.2) is 25.2 Å². The highest BCUT2D eigenvalue weighted by Gasteiger charge is 2.17. The van der Waals surface area contributed by atoms with E-state index >= 15 is 0 Å². The van der Waals surface area contributed by atoms with Gasteiger partial charge in [-0.3, -0.25) is 0 Å². The molecule has 1 unspecified atom stereocenters. The Morgan fingerprint density at radius 1 is 1.42 bits per heavy atom. The van der Waals surface area contributed by atoms with Crippen LogP contribution >= 0.6 is 11.6 Å². The van der Waals surface area contributed by atoms with Gasteiger partial charge in [-0.1, -0.05) is 18.5 Å². The van der Waals surface area contributed by atoms with Crippen LogP contribution in [0.5, 0.6) is 5.75 Å². The Labute approximate surface area is 119 Å². The van der Waals surface area contributed by atoms with Crippen molar-refractivity contribution in [3.05, 3.63) is 28.8 Å². The van der Waals surface area contributed by atoms with Gasteiger partial charge in [0.15, 0.2) is 6.10 Å². The van der Waals surface area contributed by atoms with Crippen molar-refractivity contribution < 1.29 is 14.3 Å². The molecule has 0 aliphatic carbocycles. The van der Waals surface area contributed by atoms with E-state index < -0.39 is 6.10 Å². The molecule has 5 heteroatoms. The molecular formula is C14H20ClNO3. The van der Waals surface area contributed by atoms with Crippen LogP contribution < -0.4 is 10.1 Å². The maximum absolute atomic E-state index is 11.6. The lowest BCUT2D eigenvalue weighted by molar-refractivity contribution is -0.150. The summed E-state index contributed by atoms with van der Waals surface area (Å²) in [6.45, 7) is 7.29.